The van der Waals surface area contributed by atoms with Crippen LogP contribution in [0.3, 0.4) is 0 Å². The molecular weight excluding hydrogens is 278 g/mol. The van der Waals surface area contributed by atoms with Gasteiger partial charge in [0, 0.05) is 39.8 Å². The predicted octanol–water partition coefficient (Wildman–Crippen LogP) is 0.846. The summed E-state index contributed by atoms with van der Waals surface area (Å²) in [5, 5.41) is 3.39. The molecule has 1 aliphatic heterocycles. The van der Waals surface area contributed by atoms with E-state index in [1.807, 2.05) is 0 Å². The number of likely N-dealkylation sites (tertiary alicyclic amines) is 1. The number of amides is 1. The smallest absolute Gasteiger partial charge is 0.243 e. The number of hydrogen-bond donors (Lipinski definition) is 1. The molecule has 1 fully saturated rings. The molecule has 1 rings (SSSR count). The third-order valence-electron chi connectivity index (χ3n) is 4.19. The maximum atomic E-state index is 11.8. The summed E-state index contributed by atoms with van der Waals surface area (Å²) in [6.45, 7) is 11.8. The summed E-state index contributed by atoms with van der Waals surface area (Å²) < 4.78 is 0. The largest absolute Gasteiger partial charge is 0.356 e. The van der Waals surface area contributed by atoms with Crippen molar-refractivity contribution in [2.45, 2.75) is 39.7 Å². The van der Waals surface area contributed by atoms with Crippen molar-refractivity contribution in [3.05, 3.63) is 0 Å². The van der Waals surface area contributed by atoms with Crippen LogP contribution in [0.25, 0.3) is 0 Å². The van der Waals surface area contributed by atoms with Gasteiger partial charge in [-0.15, -0.1) is 0 Å². The Balaban J connectivity index is 2.68. The van der Waals surface area contributed by atoms with Gasteiger partial charge in [-0.05, 0) is 25.9 Å². The molecule has 0 aromatic rings. The number of rotatable bonds is 7. The van der Waals surface area contributed by atoms with Crippen LogP contribution in [0.5, 0.6) is 0 Å². The Labute approximate surface area is 135 Å². The molecule has 1 aliphatic rings. The Morgan fingerprint density at radius 2 is 1.95 bits per heavy atom. The van der Waals surface area contributed by atoms with Crippen LogP contribution >= 0.6 is 0 Å². The number of carbonyl (C=O) groups is 1. The summed E-state index contributed by atoms with van der Waals surface area (Å²) >= 11 is 0. The van der Waals surface area contributed by atoms with Gasteiger partial charge in [0.1, 0.15) is 6.54 Å². The molecule has 128 valence electrons. The normalized spacial score (nSPS) is 18.9. The van der Waals surface area contributed by atoms with Gasteiger partial charge < -0.3 is 15.1 Å². The highest BCUT2D eigenvalue weighted by molar-refractivity contribution is 5.85. The van der Waals surface area contributed by atoms with Gasteiger partial charge in [-0.2, -0.15) is 0 Å². The second kappa shape index (κ2) is 9.66. The van der Waals surface area contributed by atoms with Gasteiger partial charge in [-0.3, -0.25) is 9.69 Å². The fourth-order valence-electron chi connectivity index (χ4n) is 2.76. The van der Waals surface area contributed by atoms with Crippen LogP contribution in [0.4, 0.5) is 0 Å². The molecule has 22 heavy (non-hydrogen) atoms. The number of hydrogen-bond acceptors (Lipinski definition) is 3. The standard InChI is InChI=1S/C16H33N5O/c1-6-10-17-16(18-12-15(22)19(4)5)21-11-9-14(13-21)20(7-2)8-3/h14H,6-13H2,1-5H3,(H,17,18). The van der Waals surface area contributed by atoms with Gasteiger partial charge in [0.2, 0.25) is 5.91 Å². The van der Waals surface area contributed by atoms with Crippen LogP contribution in [0.15, 0.2) is 4.99 Å². The van der Waals surface area contributed by atoms with E-state index >= 15 is 0 Å². The van der Waals surface area contributed by atoms with Gasteiger partial charge in [0.15, 0.2) is 5.96 Å². The molecule has 0 aliphatic carbocycles. The highest BCUT2D eigenvalue weighted by Gasteiger charge is 2.28. The van der Waals surface area contributed by atoms with Crippen molar-refractivity contribution in [2.24, 2.45) is 4.99 Å². The average molecular weight is 311 g/mol. The number of nitrogens with one attached hydrogen (secondary N) is 1. The minimum absolute atomic E-state index is 0.0373. The summed E-state index contributed by atoms with van der Waals surface area (Å²) in [6.07, 6.45) is 2.21. The van der Waals surface area contributed by atoms with E-state index < -0.39 is 0 Å². The van der Waals surface area contributed by atoms with Crippen LogP contribution in [0.1, 0.15) is 33.6 Å². The Morgan fingerprint density at radius 1 is 1.27 bits per heavy atom. The maximum Gasteiger partial charge on any atom is 0.243 e. The molecular formula is C16H33N5O. The maximum absolute atomic E-state index is 11.8. The number of nitrogens with zero attached hydrogens (tertiary/aromatic N) is 4. The molecule has 1 atom stereocenters. The predicted molar refractivity (Wildman–Crippen MR) is 92.2 cm³/mol. The molecule has 1 saturated heterocycles. The molecule has 1 N–H and O–H groups in total. The van der Waals surface area contributed by atoms with E-state index in [-0.39, 0.29) is 12.5 Å². The number of likely N-dealkylation sites (N-methyl/N-ethyl adjacent to an activating group) is 2. The van der Waals surface area contributed by atoms with E-state index in [4.69, 9.17) is 0 Å². The molecule has 1 amide bonds. The minimum atomic E-state index is 0.0373. The first-order valence-corrected chi connectivity index (χ1v) is 8.50. The molecule has 0 aromatic carbocycles. The molecule has 0 radical (unpaired) electrons. The van der Waals surface area contributed by atoms with Crippen molar-refractivity contribution < 1.29 is 4.79 Å². The number of carbonyl (C=O) groups excluding carboxylic acids is 1. The number of aliphatic imine (C=N–C) groups is 1. The first kappa shape index (κ1) is 18.7. The van der Waals surface area contributed by atoms with Gasteiger partial charge in [-0.1, -0.05) is 20.8 Å². The highest BCUT2D eigenvalue weighted by atomic mass is 16.2. The summed E-state index contributed by atoms with van der Waals surface area (Å²) in [7, 11) is 3.53. The van der Waals surface area contributed by atoms with Crippen molar-refractivity contribution in [1.82, 2.24) is 20.0 Å². The second-order valence-electron chi connectivity index (χ2n) is 5.96. The quantitative estimate of drug-likeness (QED) is 0.559. The van der Waals surface area contributed by atoms with Crippen LogP contribution in [-0.2, 0) is 4.79 Å². The highest BCUT2D eigenvalue weighted by Crippen LogP contribution is 2.15. The third-order valence-corrected chi connectivity index (χ3v) is 4.19. The first-order valence-electron chi connectivity index (χ1n) is 8.50. The monoisotopic (exact) mass is 311 g/mol. The molecule has 0 aromatic heterocycles. The lowest BCUT2D eigenvalue weighted by Crippen LogP contribution is -2.44. The van der Waals surface area contributed by atoms with E-state index in [1.165, 1.54) is 0 Å². The molecule has 1 heterocycles. The topological polar surface area (TPSA) is 51.2 Å². The first-order chi connectivity index (χ1) is 10.5. The Hall–Kier alpha value is -1.30. The third kappa shape index (κ3) is 5.48. The molecule has 1 unspecified atom stereocenters. The van der Waals surface area contributed by atoms with Gasteiger partial charge in [0.05, 0.1) is 0 Å². The van der Waals surface area contributed by atoms with Crippen LogP contribution in [-0.4, -0.2) is 86.0 Å². The van der Waals surface area contributed by atoms with Crippen molar-refractivity contribution in [2.75, 3.05) is 53.4 Å². The minimum Gasteiger partial charge on any atom is -0.356 e. The van der Waals surface area contributed by atoms with Gasteiger partial charge in [-0.25, -0.2) is 4.99 Å². The van der Waals surface area contributed by atoms with E-state index in [0.29, 0.717) is 6.04 Å². The second-order valence-corrected chi connectivity index (χ2v) is 5.96. The van der Waals surface area contributed by atoms with E-state index in [9.17, 15) is 4.79 Å². The Kier molecular flexibility index (Phi) is 8.24. The number of guanidine groups is 1. The summed E-state index contributed by atoms with van der Waals surface area (Å²) in [5.41, 5.74) is 0. The van der Waals surface area contributed by atoms with E-state index in [2.05, 4.69) is 40.9 Å². The molecule has 0 spiro atoms. The van der Waals surface area contributed by atoms with E-state index in [1.54, 1.807) is 19.0 Å². The van der Waals surface area contributed by atoms with Crippen LogP contribution in [0, 0.1) is 0 Å². The van der Waals surface area contributed by atoms with Crippen molar-refractivity contribution in [1.29, 1.82) is 0 Å². The average Bonchev–Trinajstić information content (AvgIpc) is 2.97. The molecule has 6 nitrogen and oxygen atoms in total. The van der Waals surface area contributed by atoms with Crippen molar-refractivity contribution in [3.8, 4) is 0 Å². The SMILES string of the molecule is CCCNC(=NCC(=O)N(C)C)N1CCC(N(CC)CC)C1. The lowest BCUT2D eigenvalue weighted by atomic mass is 10.2. The zero-order chi connectivity index (χ0) is 16.5. The Morgan fingerprint density at radius 3 is 2.50 bits per heavy atom. The van der Waals surface area contributed by atoms with Crippen LogP contribution < -0.4 is 5.32 Å². The molecule has 0 bridgehead atoms. The van der Waals surface area contributed by atoms with Crippen molar-refractivity contribution in [3.63, 3.8) is 0 Å². The zero-order valence-electron chi connectivity index (χ0n) is 14.9. The fourth-order valence-corrected chi connectivity index (χ4v) is 2.76. The fraction of sp³-hybridized carbons (Fsp3) is 0.875. The van der Waals surface area contributed by atoms with E-state index in [0.717, 1.165) is 51.5 Å². The molecule has 0 saturated carbocycles. The molecule has 6 heteroatoms. The lowest BCUT2D eigenvalue weighted by Gasteiger charge is -2.27. The van der Waals surface area contributed by atoms with Gasteiger partial charge >= 0.3 is 0 Å². The summed E-state index contributed by atoms with van der Waals surface area (Å²) in [4.78, 5) is 22.7. The Bertz CT molecular complexity index is 366. The van der Waals surface area contributed by atoms with Gasteiger partial charge in [0.25, 0.3) is 0 Å². The van der Waals surface area contributed by atoms with Crippen molar-refractivity contribution >= 4 is 11.9 Å². The summed E-state index contributed by atoms with van der Waals surface area (Å²) in [5.74, 6) is 0.919. The van der Waals surface area contributed by atoms with Crippen LogP contribution in [0.2, 0.25) is 0 Å². The zero-order valence-corrected chi connectivity index (χ0v) is 14.9. The lowest BCUT2D eigenvalue weighted by molar-refractivity contribution is -0.127. The summed E-state index contributed by atoms with van der Waals surface area (Å²) in [6, 6.07) is 0.591.